The van der Waals surface area contributed by atoms with Crippen LogP contribution < -0.4 is 0 Å². The first-order valence-electron chi connectivity index (χ1n) is 13.6. The highest BCUT2D eigenvalue weighted by atomic mass is 16.5. The predicted molar refractivity (Wildman–Crippen MR) is 137 cm³/mol. The molecule has 4 rings (SSSR count). The minimum Gasteiger partial charge on any atom is -0.481 e. The maximum atomic E-state index is 13.4. The summed E-state index contributed by atoms with van der Waals surface area (Å²) in [6.45, 7) is 7.55. The van der Waals surface area contributed by atoms with Crippen LogP contribution >= 0.6 is 0 Å². The van der Waals surface area contributed by atoms with E-state index in [1.54, 1.807) is 12.1 Å². The molecule has 1 N–H and O–H groups in total. The molecule has 0 bridgehead atoms. The summed E-state index contributed by atoms with van der Waals surface area (Å²) >= 11 is 0. The molecule has 0 aromatic heterocycles. The Morgan fingerprint density at radius 3 is 2.35 bits per heavy atom. The Hall–Kier alpha value is -2.70. The Kier molecular flexibility index (Phi) is 7.82. The molecule has 3 aliphatic carbocycles. The van der Waals surface area contributed by atoms with E-state index in [2.05, 4.69) is 6.92 Å². The molecule has 3 fully saturated rings. The van der Waals surface area contributed by atoms with Crippen LogP contribution in [0, 0.1) is 34.5 Å². The van der Waals surface area contributed by atoms with Crippen molar-refractivity contribution in [3.05, 3.63) is 35.9 Å². The number of benzene rings is 1. The van der Waals surface area contributed by atoms with Gasteiger partial charge in [-0.15, -0.1) is 0 Å². The zero-order valence-corrected chi connectivity index (χ0v) is 22.4. The number of hydrogen-bond donors (Lipinski definition) is 1. The van der Waals surface area contributed by atoms with Crippen molar-refractivity contribution < 1.29 is 33.8 Å². The number of esters is 2. The van der Waals surface area contributed by atoms with Gasteiger partial charge < -0.3 is 14.6 Å². The molecular weight excluding hydrogens is 472 g/mol. The molecule has 3 aliphatic rings. The van der Waals surface area contributed by atoms with Crippen LogP contribution in [0.4, 0.5) is 0 Å². The Morgan fingerprint density at radius 2 is 1.73 bits per heavy atom. The monoisotopic (exact) mass is 512 g/mol. The van der Waals surface area contributed by atoms with Crippen LogP contribution in [0.25, 0.3) is 0 Å². The van der Waals surface area contributed by atoms with Crippen LogP contribution in [0.5, 0.6) is 0 Å². The fourth-order valence-corrected chi connectivity index (χ4v) is 8.14. The molecule has 0 aliphatic heterocycles. The lowest BCUT2D eigenvalue weighted by Gasteiger charge is -2.54. The third-order valence-electron chi connectivity index (χ3n) is 9.98. The van der Waals surface area contributed by atoms with Gasteiger partial charge in [-0.25, -0.2) is 4.79 Å². The first-order chi connectivity index (χ1) is 17.5. The molecule has 0 radical (unpaired) electrons. The summed E-state index contributed by atoms with van der Waals surface area (Å²) < 4.78 is 11.3. The molecule has 8 atom stereocenters. The average molecular weight is 513 g/mol. The number of fused-ring (bicyclic) bond motifs is 1. The van der Waals surface area contributed by atoms with Crippen LogP contribution in [0.2, 0.25) is 0 Å². The van der Waals surface area contributed by atoms with E-state index in [1.165, 1.54) is 6.92 Å². The maximum Gasteiger partial charge on any atom is 0.338 e. The lowest BCUT2D eigenvalue weighted by atomic mass is 9.50. The first kappa shape index (κ1) is 27.3. The van der Waals surface area contributed by atoms with Gasteiger partial charge in [0.05, 0.1) is 5.56 Å². The van der Waals surface area contributed by atoms with Crippen molar-refractivity contribution in [3.8, 4) is 0 Å². The smallest absolute Gasteiger partial charge is 0.338 e. The molecule has 0 spiro atoms. The summed E-state index contributed by atoms with van der Waals surface area (Å²) in [6.07, 6.45) is 4.14. The summed E-state index contributed by atoms with van der Waals surface area (Å²) in [7, 11) is 0. The standard InChI is InChI=1S/C30H40O7/c1-18(36-28(35)20-8-6-5-7-9-20)23-10-11-24-22(17-27(33)34)25(13-15-29(23,24)3)30(4)14-12-21(16-26(30)32)37-19(2)31/h5-9,18,21-25H,10-17H2,1-4H3,(H,33,34)/t18-,21+,22+,23-,24+,25+,29-,30-/m1/s1. The van der Waals surface area contributed by atoms with Crippen LogP contribution in [0.1, 0.15) is 89.4 Å². The van der Waals surface area contributed by atoms with Gasteiger partial charge in [0, 0.05) is 31.1 Å². The minimum absolute atomic E-state index is 0.0338. The lowest BCUT2D eigenvalue weighted by molar-refractivity contribution is -0.159. The van der Waals surface area contributed by atoms with E-state index in [-0.39, 0.29) is 71.9 Å². The number of carbonyl (C=O) groups excluding carboxylic acids is 3. The molecular formula is C30H40O7. The van der Waals surface area contributed by atoms with Gasteiger partial charge in [-0.3, -0.25) is 14.4 Å². The summed E-state index contributed by atoms with van der Waals surface area (Å²) in [4.78, 5) is 49.7. The van der Waals surface area contributed by atoms with Gasteiger partial charge in [0.25, 0.3) is 0 Å². The molecule has 0 heterocycles. The number of rotatable bonds is 7. The van der Waals surface area contributed by atoms with Gasteiger partial charge in [0.15, 0.2) is 0 Å². The fourth-order valence-electron chi connectivity index (χ4n) is 8.14. The molecule has 0 saturated heterocycles. The molecule has 3 saturated carbocycles. The Morgan fingerprint density at radius 1 is 1.03 bits per heavy atom. The van der Waals surface area contributed by atoms with Gasteiger partial charge in [-0.1, -0.05) is 32.0 Å². The summed E-state index contributed by atoms with van der Waals surface area (Å²) in [5, 5.41) is 9.89. The molecule has 202 valence electrons. The third kappa shape index (κ3) is 5.32. The normalized spacial score (nSPS) is 36.3. The van der Waals surface area contributed by atoms with E-state index in [9.17, 15) is 24.3 Å². The van der Waals surface area contributed by atoms with Crippen molar-refractivity contribution in [1.29, 1.82) is 0 Å². The SMILES string of the molecule is CC(=O)O[C@H]1CC[C@](C)([C@H]2CC[C@]3(C)[C@@H]([C@@H](C)OC(=O)c4ccccc4)CC[C@H]3[C@@H]2CC(=O)O)C(=O)C1. The number of Topliss-reactive ketones (excluding diaryl/α,β-unsaturated/α-hetero) is 1. The minimum atomic E-state index is -0.837. The number of ether oxygens (including phenoxy) is 2. The van der Waals surface area contributed by atoms with Crippen LogP contribution in [-0.2, 0) is 23.9 Å². The first-order valence-corrected chi connectivity index (χ1v) is 13.6. The number of ketones is 1. The van der Waals surface area contributed by atoms with Crippen molar-refractivity contribution >= 4 is 23.7 Å². The van der Waals surface area contributed by atoms with Gasteiger partial charge in [-0.2, -0.15) is 0 Å². The van der Waals surface area contributed by atoms with E-state index < -0.39 is 11.4 Å². The van der Waals surface area contributed by atoms with Crippen molar-refractivity contribution in [3.63, 3.8) is 0 Å². The molecule has 7 nitrogen and oxygen atoms in total. The zero-order chi connectivity index (χ0) is 27.0. The summed E-state index contributed by atoms with van der Waals surface area (Å²) in [5.74, 6) is -1.36. The molecule has 0 unspecified atom stereocenters. The van der Waals surface area contributed by atoms with Crippen molar-refractivity contribution in [2.24, 2.45) is 34.5 Å². The van der Waals surface area contributed by atoms with E-state index in [1.807, 2.05) is 32.0 Å². The Balaban J connectivity index is 1.53. The second-order valence-corrected chi connectivity index (χ2v) is 12.0. The topological polar surface area (TPSA) is 107 Å². The van der Waals surface area contributed by atoms with E-state index >= 15 is 0 Å². The number of carboxylic acid groups (broad SMARTS) is 1. The van der Waals surface area contributed by atoms with Gasteiger partial charge in [0.2, 0.25) is 0 Å². The van der Waals surface area contributed by atoms with E-state index in [0.29, 0.717) is 18.4 Å². The Labute approximate surface area is 219 Å². The highest BCUT2D eigenvalue weighted by Crippen LogP contribution is 2.64. The van der Waals surface area contributed by atoms with Crippen LogP contribution in [0.15, 0.2) is 30.3 Å². The zero-order valence-electron chi connectivity index (χ0n) is 22.4. The molecule has 0 amide bonds. The second-order valence-electron chi connectivity index (χ2n) is 12.0. The predicted octanol–water partition coefficient (Wildman–Crippen LogP) is 5.46. The van der Waals surface area contributed by atoms with Crippen LogP contribution in [0.3, 0.4) is 0 Å². The fraction of sp³-hybridized carbons (Fsp3) is 0.667. The average Bonchev–Trinajstić information content (AvgIpc) is 3.19. The van der Waals surface area contributed by atoms with Gasteiger partial charge in [0.1, 0.15) is 18.0 Å². The van der Waals surface area contributed by atoms with Crippen molar-refractivity contribution in [2.75, 3.05) is 0 Å². The highest BCUT2D eigenvalue weighted by molar-refractivity contribution is 5.89. The third-order valence-corrected chi connectivity index (χ3v) is 9.98. The summed E-state index contributed by atoms with van der Waals surface area (Å²) in [6, 6.07) is 8.98. The molecule has 7 heteroatoms. The molecule has 37 heavy (non-hydrogen) atoms. The Bertz CT molecular complexity index is 1040. The van der Waals surface area contributed by atoms with Gasteiger partial charge in [-0.05, 0) is 80.8 Å². The largest absolute Gasteiger partial charge is 0.481 e. The van der Waals surface area contributed by atoms with Crippen molar-refractivity contribution in [1.82, 2.24) is 0 Å². The van der Waals surface area contributed by atoms with E-state index in [0.717, 1.165) is 25.7 Å². The lowest BCUT2D eigenvalue weighted by Crippen LogP contribution is -2.52. The molecule has 1 aromatic carbocycles. The number of carboxylic acids is 1. The maximum absolute atomic E-state index is 13.4. The number of hydrogen-bond acceptors (Lipinski definition) is 6. The molecule has 1 aromatic rings. The highest BCUT2D eigenvalue weighted by Gasteiger charge is 2.60. The number of carbonyl (C=O) groups is 4. The second kappa shape index (κ2) is 10.6. The van der Waals surface area contributed by atoms with Crippen LogP contribution in [-0.4, -0.2) is 41.0 Å². The summed E-state index contributed by atoms with van der Waals surface area (Å²) in [5.41, 5.74) is -0.263. The number of aliphatic carboxylic acids is 1. The van der Waals surface area contributed by atoms with E-state index in [4.69, 9.17) is 9.47 Å². The van der Waals surface area contributed by atoms with Gasteiger partial charge >= 0.3 is 17.9 Å². The van der Waals surface area contributed by atoms with Crippen molar-refractivity contribution in [2.45, 2.75) is 91.3 Å². The quantitative estimate of drug-likeness (QED) is 0.484.